The van der Waals surface area contributed by atoms with Crippen LogP contribution in [0.15, 0.2) is 24.4 Å². The molecule has 2 aliphatic heterocycles. The Morgan fingerprint density at radius 3 is 2.54 bits per heavy atom. The van der Waals surface area contributed by atoms with Crippen LogP contribution in [0.5, 0.6) is 5.75 Å². The fourth-order valence-corrected chi connectivity index (χ4v) is 6.27. The van der Waals surface area contributed by atoms with Gasteiger partial charge in [0.05, 0.1) is 34.5 Å². The number of carbonyl (C=O) groups is 2. The molecule has 0 bridgehead atoms. The van der Waals surface area contributed by atoms with Crippen LogP contribution in [0, 0.1) is 18.8 Å². The number of fused-ring (bicyclic) bond motifs is 1. The van der Waals surface area contributed by atoms with Gasteiger partial charge in [0, 0.05) is 44.0 Å². The first-order chi connectivity index (χ1) is 17.9. The second kappa shape index (κ2) is 10.8. The molecule has 1 N–H and O–H groups in total. The van der Waals surface area contributed by atoms with Crippen LogP contribution < -0.4 is 15.0 Å². The molecule has 2 amide bonds. The molecular formula is C27H32ClN5O3S. The minimum absolute atomic E-state index is 0.0205. The summed E-state index contributed by atoms with van der Waals surface area (Å²) < 4.78 is 9.72. The molecule has 196 valence electrons. The predicted molar refractivity (Wildman–Crippen MR) is 148 cm³/mol. The van der Waals surface area contributed by atoms with Gasteiger partial charge in [-0.1, -0.05) is 18.5 Å². The summed E-state index contributed by atoms with van der Waals surface area (Å²) in [6.07, 6.45) is 5.14. The minimum Gasteiger partial charge on any atom is -0.495 e. The van der Waals surface area contributed by atoms with Gasteiger partial charge in [-0.2, -0.15) is 4.37 Å². The second-order valence-electron chi connectivity index (χ2n) is 10.0. The van der Waals surface area contributed by atoms with E-state index in [4.69, 9.17) is 16.3 Å². The monoisotopic (exact) mass is 541 g/mol. The molecule has 0 unspecified atom stereocenters. The predicted octanol–water partition coefficient (Wildman–Crippen LogP) is 5.39. The van der Waals surface area contributed by atoms with Crippen molar-refractivity contribution in [2.75, 3.05) is 43.5 Å². The Morgan fingerprint density at radius 2 is 1.86 bits per heavy atom. The highest BCUT2D eigenvalue weighted by atomic mass is 35.5. The molecule has 0 atom stereocenters. The van der Waals surface area contributed by atoms with E-state index in [-0.39, 0.29) is 17.7 Å². The second-order valence-corrected chi connectivity index (χ2v) is 11.2. The van der Waals surface area contributed by atoms with Crippen LogP contribution in [0.4, 0.5) is 11.4 Å². The number of benzene rings is 1. The van der Waals surface area contributed by atoms with Crippen LogP contribution in [0.2, 0.25) is 5.02 Å². The summed E-state index contributed by atoms with van der Waals surface area (Å²) >= 11 is 7.58. The summed E-state index contributed by atoms with van der Waals surface area (Å²) in [4.78, 5) is 36.3. The molecule has 1 aromatic carbocycles. The van der Waals surface area contributed by atoms with E-state index in [9.17, 15) is 9.59 Å². The summed E-state index contributed by atoms with van der Waals surface area (Å²) in [5.74, 6) is 1.11. The molecule has 0 spiro atoms. The number of pyridine rings is 1. The van der Waals surface area contributed by atoms with Gasteiger partial charge in [-0.3, -0.25) is 9.59 Å². The number of methoxy groups -OCH3 is 1. The number of nitrogens with one attached hydrogen (secondary N) is 1. The minimum atomic E-state index is -0.126. The molecule has 4 heterocycles. The maximum absolute atomic E-state index is 13.7. The van der Waals surface area contributed by atoms with Gasteiger partial charge in [-0.15, -0.1) is 0 Å². The highest BCUT2D eigenvalue weighted by Gasteiger charge is 2.31. The van der Waals surface area contributed by atoms with Crippen molar-refractivity contribution >= 4 is 56.5 Å². The Bertz CT molecular complexity index is 1310. The highest BCUT2D eigenvalue weighted by molar-refractivity contribution is 7.13. The van der Waals surface area contributed by atoms with E-state index < -0.39 is 0 Å². The van der Waals surface area contributed by atoms with Crippen molar-refractivity contribution in [1.29, 1.82) is 0 Å². The molecule has 0 aliphatic carbocycles. The van der Waals surface area contributed by atoms with Crippen molar-refractivity contribution in [2.45, 2.75) is 39.5 Å². The van der Waals surface area contributed by atoms with Crippen LogP contribution in [-0.4, -0.2) is 59.4 Å². The van der Waals surface area contributed by atoms with Crippen LogP contribution in [-0.2, 0) is 4.79 Å². The number of carbonyl (C=O) groups excluding carboxylic acids is 2. The first kappa shape index (κ1) is 25.7. The van der Waals surface area contributed by atoms with Crippen LogP contribution in [0.25, 0.3) is 10.2 Å². The fraction of sp³-hybridized carbons (Fsp3) is 0.481. The van der Waals surface area contributed by atoms with Crippen molar-refractivity contribution in [2.24, 2.45) is 11.8 Å². The van der Waals surface area contributed by atoms with Crippen molar-refractivity contribution in [3.8, 4) is 5.75 Å². The number of hydrogen-bond acceptors (Lipinski definition) is 7. The average molecular weight is 542 g/mol. The SMILES string of the molecule is COc1ccc(NC(=O)C2CCN(c3c(C(=O)N4CCC(C)CC4)cnc4snc(C)c34)CC2)cc1Cl. The van der Waals surface area contributed by atoms with E-state index in [1.54, 1.807) is 31.5 Å². The van der Waals surface area contributed by atoms with E-state index in [2.05, 4.69) is 26.5 Å². The van der Waals surface area contributed by atoms with Gasteiger partial charge in [0.15, 0.2) is 0 Å². The molecular weight excluding hydrogens is 510 g/mol. The first-order valence-corrected chi connectivity index (χ1v) is 13.9. The molecule has 3 aromatic rings. The molecule has 37 heavy (non-hydrogen) atoms. The maximum Gasteiger partial charge on any atom is 0.257 e. The molecule has 2 aliphatic rings. The van der Waals surface area contributed by atoms with E-state index in [0.29, 0.717) is 53.9 Å². The molecule has 10 heteroatoms. The molecule has 2 fully saturated rings. The average Bonchev–Trinajstić information content (AvgIpc) is 3.29. The van der Waals surface area contributed by atoms with E-state index in [1.807, 2.05) is 11.8 Å². The number of aromatic nitrogens is 2. The molecule has 8 nitrogen and oxygen atoms in total. The number of amides is 2. The standard InChI is InChI=1S/C27H32ClN5O3S/c1-16-6-10-33(11-7-16)27(35)20-15-29-26-23(17(2)31-37-26)24(20)32-12-8-18(9-13-32)25(34)30-19-4-5-22(36-3)21(28)14-19/h4-5,14-16,18H,6-13H2,1-3H3,(H,30,34). The number of halogens is 1. The quantitative estimate of drug-likeness (QED) is 0.466. The normalized spacial score (nSPS) is 17.3. The lowest BCUT2D eigenvalue weighted by atomic mass is 9.94. The summed E-state index contributed by atoms with van der Waals surface area (Å²) in [6.45, 7) is 7.11. The largest absolute Gasteiger partial charge is 0.495 e. The highest BCUT2D eigenvalue weighted by Crippen LogP contribution is 2.37. The number of aryl methyl sites for hydroxylation is 1. The van der Waals surface area contributed by atoms with Crippen molar-refractivity contribution in [3.05, 3.63) is 40.7 Å². The smallest absolute Gasteiger partial charge is 0.257 e. The van der Waals surface area contributed by atoms with Gasteiger partial charge in [0.1, 0.15) is 10.6 Å². The Balaban J connectivity index is 1.34. The Kier molecular flexibility index (Phi) is 7.53. The number of nitrogens with zero attached hydrogens (tertiary/aromatic N) is 4. The number of anilines is 2. The number of piperidine rings is 2. The van der Waals surface area contributed by atoms with Crippen molar-refractivity contribution in [3.63, 3.8) is 0 Å². The van der Waals surface area contributed by atoms with Gasteiger partial charge in [-0.25, -0.2) is 4.98 Å². The lowest BCUT2D eigenvalue weighted by molar-refractivity contribution is -0.120. The number of ether oxygens (including phenoxy) is 1. The zero-order valence-corrected chi connectivity index (χ0v) is 23.0. The topological polar surface area (TPSA) is 87.7 Å². The third kappa shape index (κ3) is 5.25. The van der Waals surface area contributed by atoms with Gasteiger partial charge >= 0.3 is 0 Å². The first-order valence-electron chi connectivity index (χ1n) is 12.8. The lowest BCUT2D eigenvalue weighted by Gasteiger charge is -2.36. The molecule has 0 radical (unpaired) electrons. The summed E-state index contributed by atoms with van der Waals surface area (Å²) in [5.41, 5.74) is 3.10. The number of hydrogen-bond donors (Lipinski definition) is 1. The van der Waals surface area contributed by atoms with Gasteiger partial charge in [0.25, 0.3) is 5.91 Å². The van der Waals surface area contributed by atoms with Crippen molar-refractivity contribution in [1.82, 2.24) is 14.3 Å². The third-order valence-corrected chi connectivity index (χ3v) is 8.69. The van der Waals surface area contributed by atoms with Gasteiger partial charge in [-0.05, 0) is 68.3 Å². The molecule has 2 aromatic heterocycles. The van der Waals surface area contributed by atoms with E-state index in [0.717, 1.165) is 47.5 Å². The van der Waals surface area contributed by atoms with Gasteiger partial charge < -0.3 is 19.9 Å². The summed E-state index contributed by atoms with van der Waals surface area (Å²) in [6, 6.07) is 5.23. The maximum atomic E-state index is 13.7. The zero-order chi connectivity index (χ0) is 26.1. The van der Waals surface area contributed by atoms with Crippen LogP contribution >= 0.6 is 23.1 Å². The Labute approximate surface area is 226 Å². The molecule has 2 saturated heterocycles. The number of rotatable bonds is 5. The van der Waals surface area contributed by atoms with Crippen LogP contribution in [0.1, 0.15) is 48.7 Å². The van der Waals surface area contributed by atoms with Crippen molar-refractivity contribution < 1.29 is 14.3 Å². The Morgan fingerprint density at radius 1 is 1.14 bits per heavy atom. The van der Waals surface area contributed by atoms with Crippen LogP contribution in [0.3, 0.4) is 0 Å². The van der Waals surface area contributed by atoms with E-state index >= 15 is 0 Å². The summed E-state index contributed by atoms with van der Waals surface area (Å²) in [5, 5.41) is 4.40. The van der Waals surface area contributed by atoms with Gasteiger partial charge in [0.2, 0.25) is 5.91 Å². The fourth-order valence-electron chi connectivity index (χ4n) is 5.26. The molecule has 0 saturated carbocycles. The number of likely N-dealkylation sites (tertiary alicyclic amines) is 1. The van der Waals surface area contributed by atoms with E-state index in [1.165, 1.54) is 11.5 Å². The Hall–Kier alpha value is -2.91. The lowest BCUT2D eigenvalue weighted by Crippen LogP contribution is -2.41. The third-order valence-electron chi connectivity index (χ3n) is 7.55. The zero-order valence-electron chi connectivity index (χ0n) is 21.4. The molecule has 5 rings (SSSR count). The summed E-state index contributed by atoms with van der Waals surface area (Å²) in [7, 11) is 1.56.